The monoisotopic (exact) mass is 200 g/mol. The van der Waals surface area contributed by atoms with Crippen LogP contribution in [-0.4, -0.2) is 22.6 Å². The van der Waals surface area contributed by atoms with Gasteiger partial charge in [0.15, 0.2) is 0 Å². The molecule has 1 heterocycles. The molecule has 0 spiro atoms. The van der Waals surface area contributed by atoms with Crippen LogP contribution >= 0.6 is 10.9 Å². The molecular weight excluding hydrogens is 188 g/mol. The van der Waals surface area contributed by atoms with Gasteiger partial charge in [0.1, 0.15) is 11.7 Å². The van der Waals surface area contributed by atoms with Crippen molar-refractivity contribution in [3.8, 4) is 0 Å². The summed E-state index contributed by atoms with van der Waals surface area (Å²) in [5, 5.41) is 12.7. The van der Waals surface area contributed by atoms with Crippen molar-refractivity contribution in [1.82, 2.24) is 0 Å². The van der Waals surface area contributed by atoms with Crippen molar-refractivity contribution in [1.29, 1.82) is 0 Å². The summed E-state index contributed by atoms with van der Waals surface area (Å²) in [6.45, 7) is 1.33. The molecule has 1 rings (SSSR count). The largest absolute Gasteiger partial charge is 0.481 e. The van der Waals surface area contributed by atoms with Crippen molar-refractivity contribution < 1.29 is 14.7 Å². The SMILES string of the molecule is CC(=O)C(C[SH]1C=CC=C1)C(=O)O. The minimum Gasteiger partial charge on any atom is -0.481 e. The standard InChI is InChI=1S/C9H12O3S/c1-7(10)8(9(11)12)6-13-4-2-3-5-13/h2-5,8,13H,6H2,1H3,(H,11,12). The van der Waals surface area contributed by atoms with E-state index in [0.29, 0.717) is 5.75 Å². The van der Waals surface area contributed by atoms with Gasteiger partial charge in [-0.3, -0.25) is 9.59 Å². The summed E-state index contributed by atoms with van der Waals surface area (Å²) in [4.78, 5) is 21.6. The number of hydrogen-bond acceptors (Lipinski definition) is 2. The third kappa shape index (κ3) is 2.73. The summed E-state index contributed by atoms with van der Waals surface area (Å²) in [5.74, 6) is -1.67. The number of thiol groups is 1. The minimum absolute atomic E-state index is 0.260. The fourth-order valence-corrected chi connectivity index (χ4v) is 2.90. The van der Waals surface area contributed by atoms with E-state index >= 15 is 0 Å². The first-order valence-electron chi connectivity index (χ1n) is 3.95. The van der Waals surface area contributed by atoms with E-state index in [-0.39, 0.29) is 5.78 Å². The number of carbonyl (C=O) groups is 2. The molecule has 0 radical (unpaired) electrons. The molecule has 72 valence electrons. The predicted octanol–water partition coefficient (Wildman–Crippen LogP) is 1.32. The molecule has 13 heavy (non-hydrogen) atoms. The lowest BCUT2D eigenvalue weighted by molar-refractivity contribution is -0.144. The van der Waals surface area contributed by atoms with Gasteiger partial charge in [0.25, 0.3) is 0 Å². The molecule has 1 aliphatic rings. The fraction of sp³-hybridized carbons (Fsp3) is 0.333. The van der Waals surface area contributed by atoms with Crippen molar-refractivity contribution in [2.45, 2.75) is 6.92 Å². The van der Waals surface area contributed by atoms with Crippen LogP contribution in [0.3, 0.4) is 0 Å². The molecular formula is C9H12O3S. The van der Waals surface area contributed by atoms with E-state index in [1.54, 1.807) is 0 Å². The van der Waals surface area contributed by atoms with E-state index in [1.165, 1.54) is 6.92 Å². The van der Waals surface area contributed by atoms with Crippen LogP contribution in [-0.2, 0) is 9.59 Å². The van der Waals surface area contributed by atoms with Gasteiger partial charge in [-0.15, -0.1) is 0 Å². The Morgan fingerprint density at radius 1 is 1.38 bits per heavy atom. The zero-order valence-electron chi connectivity index (χ0n) is 7.30. The van der Waals surface area contributed by atoms with Crippen LogP contribution in [0.1, 0.15) is 6.92 Å². The van der Waals surface area contributed by atoms with Crippen molar-refractivity contribution >= 4 is 22.6 Å². The Kier molecular flexibility index (Phi) is 3.31. The molecule has 0 aliphatic carbocycles. The Bertz CT molecular complexity index is 255. The van der Waals surface area contributed by atoms with E-state index in [2.05, 4.69) is 0 Å². The van der Waals surface area contributed by atoms with Crippen molar-refractivity contribution in [3.63, 3.8) is 0 Å². The molecule has 1 atom stereocenters. The molecule has 0 aromatic rings. The molecule has 1 N–H and O–H groups in total. The zero-order valence-corrected chi connectivity index (χ0v) is 8.20. The number of carbonyl (C=O) groups excluding carboxylic acids is 1. The Hall–Kier alpha value is -1.03. The highest BCUT2D eigenvalue weighted by Crippen LogP contribution is 2.34. The van der Waals surface area contributed by atoms with Crippen LogP contribution < -0.4 is 0 Å². The van der Waals surface area contributed by atoms with Gasteiger partial charge >= 0.3 is 5.97 Å². The average Bonchev–Trinajstić information content (AvgIpc) is 2.50. The zero-order chi connectivity index (χ0) is 9.84. The van der Waals surface area contributed by atoms with Crippen molar-refractivity contribution in [2.24, 2.45) is 5.92 Å². The van der Waals surface area contributed by atoms with E-state index in [0.717, 1.165) is 0 Å². The van der Waals surface area contributed by atoms with E-state index < -0.39 is 22.8 Å². The highest BCUT2D eigenvalue weighted by Gasteiger charge is 2.23. The molecule has 1 aliphatic heterocycles. The summed E-state index contributed by atoms with van der Waals surface area (Å²) in [7, 11) is -0.512. The summed E-state index contributed by atoms with van der Waals surface area (Å²) in [5.41, 5.74) is 0. The first-order valence-corrected chi connectivity index (χ1v) is 5.62. The van der Waals surface area contributed by atoms with Crippen LogP contribution in [0.4, 0.5) is 0 Å². The molecule has 4 heteroatoms. The second-order valence-electron chi connectivity index (χ2n) is 2.88. The Balaban J connectivity index is 2.57. The Labute approximate surface area is 79.5 Å². The number of carboxylic acid groups (broad SMARTS) is 1. The van der Waals surface area contributed by atoms with Crippen LogP contribution in [0, 0.1) is 5.92 Å². The summed E-state index contributed by atoms with van der Waals surface area (Å²) >= 11 is 0. The van der Waals surface area contributed by atoms with Crippen LogP contribution in [0.25, 0.3) is 0 Å². The molecule has 0 saturated carbocycles. The number of hydrogen-bond donors (Lipinski definition) is 2. The smallest absolute Gasteiger partial charge is 0.314 e. The second-order valence-corrected chi connectivity index (χ2v) is 4.87. The first-order chi connectivity index (χ1) is 6.11. The third-order valence-corrected chi connectivity index (χ3v) is 3.75. The van der Waals surface area contributed by atoms with Crippen LogP contribution in [0.5, 0.6) is 0 Å². The first kappa shape index (κ1) is 10.1. The molecule has 0 aromatic carbocycles. The van der Waals surface area contributed by atoms with Gasteiger partial charge in [-0.2, -0.15) is 0 Å². The van der Waals surface area contributed by atoms with Gasteiger partial charge in [-0.25, -0.2) is 10.9 Å². The quantitative estimate of drug-likeness (QED) is 0.531. The topological polar surface area (TPSA) is 54.4 Å². The molecule has 0 saturated heterocycles. The Morgan fingerprint density at radius 3 is 2.31 bits per heavy atom. The second kappa shape index (κ2) is 4.28. The van der Waals surface area contributed by atoms with E-state index in [9.17, 15) is 9.59 Å². The maximum absolute atomic E-state index is 11.0. The number of rotatable bonds is 4. The Morgan fingerprint density at radius 2 is 1.92 bits per heavy atom. The summed E-state index contributed by atoms with van der Waals surface area (Å²) < 4.78 is 0. The molecule has 1 unspecified atom stereocenters. The van der Waals surface area contributed by atoms with Crippen LogP contribution in [0.2, 0.25) is 0 Å². The summed E-state index contributed by atoms with van der Waals surface area (Å²) in [6, 6.07) is 0. The van der Waals surface area contributed by atoms with Gasteiger partial charge in [-0.05, 0) is 17.7 Å². The minimum atomic E-state index is -1.01. The summed E-state index contributed by atoms with van der Waals surface area (Å²) in [6.07, 6.45) is 3.79. The lowest BCUT2D eigenvalue weighted by atomic mass is 10.1. The van der Waals surface area contributed by atoms with Gasteiger partial charge in [0, 0.05) is 5.75 Å². The number of Topliss-reactive ketones (excluding diaryl/α,β-unsaturated/α-hetero) is 1. The normalized spacial score (nSPS) is 19.0. The molecule has 0 amide bonds. The molecule has 0 aromatic heterocycles. The maximum Gasteiger partial charge on any atom is 0.314 e. The third-order valence-electron chi connectivity index (χ3n) is 1.85. The van der Waals surface area contributed by atoms with E-state index in [1.807, 2.05) is 23.0 Å². The highest BCUT2D eigenvalue weighted by molar-refractivity contribution is 8.22. The van der Waals surface area contributed by atoms with Gasteiger partial charge in [0.05, 0.1) is 0 Å². The van der Waals surface area contributed by atoms with Crippen LogP contribution in [0.15, 0.2) is 23.0 Å². The number of aliphatic carboxylic acids is 1. The van der Waals surface area contributed by atoms with Gasteiger partial charge in [-0.1, -0.05) is 12.2 Å². The predicted molar refractivity (Wildman–Crippen MR) is 53.9 cm³/mol. The van der Waals surface area contributed by atoms with Gasteiger partial charge < -0.3 is 5.11 Å². The lowest BCUT2D eigenvalue weighted by Gasteiger charge is -2.14. The molecule has 3 nitrogen and oxygen atoms in total. The fourth-order valence-electron chi connectivity index (χ4n) is 1.08. The number of carboxylic acids is 1. The average molecular weight is 200 g/mol. The molecule has 0 bridgehead atoms. The number of ketones is 1. The van der Waals surface area contributed by atoms with Crippen molar-refractivity contribution in [3.05, 3.63) is 23.0 Å². The highest BCUT2D eigenvalue weighted by atomic mass is 32.2. The lowest BCUT2D eigenvalue weighted by Crippen LogP contribution is -2.24. The maximum atomic E-state index is 11.0. The number of allylic oxidation sites excluding steroid dienone is 2. The van der Waals surface area contributed by atoms with E-state index in [4.69, 9.17) is 5.11 Å². The van der Waals surface area contributed by atoms with Gasteiger partial charge in [0.2, 0.25) is 0 Å². The molecule has 0 fully saturated rings. The van der Waals surface area contributed by atoms with Crippen molar-refractivity contribution in [2.75, 3.05) is 5.75 Å².